The van der Waals surface area contributed by atoms with Gasteiger partial charge in [-0.15, -0.1) is 11.3 Å². The van der Waals surface area contributed by atoms with Gasteiger partial charge in [0.25, 0.3) is 0 Å². The average molecular weight is 535 g/mol. The zero-order valence-electron chi connectivity index (χ0n) is 19.7. The Morgan fingerprint density at radius 2 is 1.72 bits per heavy atom. The first-order chi connectivity index (χ1) is 16.7. The van der Waals surface area contributed by atoms with Crippen LogP contribution in [0, 0.1) is 6.92 Å². The Morgan fingerprint density at radius 3 is 2.25 bits per heavy atom. The number of benzene rings is 1. The van der Waals surface area contributed by atoms with Crippen molar-refractivity contribution in [3.05, 3.63) is 51.0 Å². The third kappa shape index (κ3) is 4.89. The Kier molecular flexibility index (Phi) is 6.73. The molecule has 196 valence electrons. The van der Waals surface area contributed by atoms with E-state index >= 15 is 0 Å². The van der Waals surface area contributed by atoms with E-state index in [9.17, 15) is 35.9 Å². The number of alkyl halides is 6. The minimum Gasteiger partial charge on any atom is -0.335 e. The van der Waals surface area contributed by atoms with Gasteiger partial charge in [-0.3, -0.25) is 4.79 Å². The van der Waals surface area contributed by atoms with Crippen LogP contribution in [0.5, 0.6) is 0 Å². The number of carbonyl (C=O) groups is 2. The summed E-state index contributed by atoms with van der Waals surface area (Å²) in [6.45, 7) is 3.67. The van der Waals surface area contributed by atoms with Crippen molar-refractivity contribution in [3.63, 3.8) is 0 Å². The van der Waals surface area contributed by atoms with Crippen molar-refractivity contribution in [2.75, 3.05) is 20.1 Å². The number of rotatable bonds is 3. The Balaban J connectivity index is 1.67. The molecule has 3 heterocycles. The van der Waals surface area contributed by atoms with Crippen molar-refractivity contribution in [1.82, 2.24) is 19.7 Å². The molecule has 0 saturated carbocycles. The number of halogens is 6. The van der Waals surface area contributed by atoms with Gasteiger partial charge in [0.05, 0.1) is 34.3 Å². The summed E-state index contributed by atoms with van der Waals surface area (Å²) in [6.07, 6.45) is -7.45. The third-order valence-corrected chi connectivity index (χ3v) is 7.79. The molecule has 2 aromatic rings. The van der Waals surface area contributed by atoms with Crippen LogP contribution < -0.4 is 0 Å². The molecule has 1 aromatic heterocycles. The highest BCUT2D eigenvalue weighted by atomic mass is 32.1. The van der Waals surface area contributed by atoms with Gasteiger partial charge in [-0.25, -0.2) is 9.78 Å². The normalized spacial score (nSPS) is 21.5. The van der Waals surface area contributed by atoms with Crippen molar-refractivity contribution in [2.45, 2.75) is 57.2 Å². The molecule has 6 nitrogen and oxygen atoms in total. The second-order valence-corrected chi connectivity index (χ2v) is 10.3. The Bertz CT molecular complexity index is 1130. The van der Waals surface area contributed by atoms with Gasteiger partial charge in [0.2, 0.25) is 5.91 Å². The topological polar surface area (TPSA) is 56.8 Å². The summed E-state index contributed by atoms with van der Waals surface area (Å²) < 4.78 is 80.1. The molecule has 0 aliphatic carbocycles. The lowest BCUT2D eigenvalue weighted by Gasteiger charge is -2.46. The zero-order chi connectivity index (χ0) is 26.6. The summed E-state index contributed by atoms with van der Waals surface area (Å²) in [5.41, 5.74) is -3.15. The fourth-order valence-electron chi connectivity index (χ4n) is 4.82. The van der Waals surface area contributed by atoms with E-state index in [0.717, 1.165) is 14.8 Å². The molecule has 2 aliphatic heterocycles. The van der Waals surface area contributed by atoms with Gasteiger partial charge in [-0.05, 0) is 44.0 Å². The second kappa shape index (κ2) is 9.24. The SMILES string of the molecule is Cc1ncc([C@H]2[C@@H]3CCC(=O)N3CCN2C(=O)N(C)[C@H](C)c2cc(C(F)(F)F)cc(C(F)(F)F)c2)s1. The molecule has 0 N–H and O–H groups in total. The summed E-state index contributed by atoms with van der Waals surface area (Å²) in [4.78, 5) is 35.4. The summed E-state index contributed by atoms with van der Waals surface area (Å²) in [5.74, 6) is -0.0105. The molecule has 2 fully saturated rings. The summed E-state index contributed by atoms with van der Waals surface area (Å²) in [6, 6.07) is -1.08. The first-order valence-electron chi connectivity index (χ1n) is 11.2. The fraction of sp³-hybridized carbons (Fsp3) is 0.522. The van der Waals surface area contributed by atoms with Crippen molar-refractivity contribution in [2.24, 2.45) is 0 Å². The maximum atomic E-state index is 13.6. The second-order valence-electron chi connectivity index (χ2n) is 9.02. The van der Waals surface area contributed by atoms with Crippen molar-refractivity contribution < 1.29 is 35.9 Å². The first-order valence-corrected chi connectivity index (χ1v) is 12.0. The van der Waals surface area contributed by atoms with Crippen LogP contribution in [0.3, 0.4) is 0 Å². The molecule has 2 saturated heterocycles. The average Bonchev–Trinajstić information content (AvgIpc) is 3.41. The van der Waals surface area contributed by atoms with Crippen molar-refractivity contribution in [3.8, 4) is 0 Å². The van der Waals surface area contributed by atoms with Crippen LogP contribution in [0.4, 0.5) is 31.1 Å². The Labute approximate surface area is 207 Å². The molecular formula is C23H24F6N4O2S. The van der Waals surface area contributed by atoms with Crippen LogP contribution in [-0.4, -0.2) is 57.8 Å². The van der Waals surface area contributed by atoms with E-state index in [1.54, 1.807) is 22.9 Å². The first kappa shape index (κ1) is 26.2. The standard InChI is InChI=1S/C23H24F6N4O2S/c1-12(14-8-15(22(24,25)26)10-16(9-14)23(27,28)29)31(3)21(35)33-7-6-32-17(4-5-19(32)34)20(33)18-11-30-13(2)36-18/h8-12,17,20H,4-7H2,1-3H3/t12-,17+,20-/m1/s1. The molecule has 13 heteroatoms. The molecule has 0 unspecified atom stereocenters. The van der Waals surface area contributed by atoms with Crippen LogP contribution >= 0.6 is 11.3 Å². The summed E-state index contributed by atoms with van der Waals surface area (Å²) in [7, 11) is 1.35. The molecule has 0 bridgehead atoms. The van der Waals surface area contributed by atoms with Gasteiger partial charge in [0.1, 0.15) is 0 Å². The van der Waals surface area contributed by atoms with E-state index in [2.05, 4.69) is 4.98 Å². The molecular weight excluding hydrogens is 510 g/mol. The number of piperazine rings is 1. The Hall–Kier alpha value is -2.83. The third-order valence-electron chi connectivity index (χ3n) is 6.81. The Morgan fingerprint density at radius 1 is 1.11 bits per heavy atom. The number of thiazole rings is 1. The van der Waals surface area contributed by atoms with Crippen LogP contribution in [0.15, 0.2) is 24.4 Å². The number of aromatic nitrogens is 1. The van der Waals surface area contributed by atoms with E-state index in [1.807, 2.05) is 0 Å². The predicted octanol–water partition coefficient (Wildman–Crippen LogP) is 5.65. The predicted molar refractivity (Wildman–Crippen MR) is 119 cm³/mol. The fourth-order valence-corrected chi connectivity index (χ4v) is 5.78. The van der Waals surface area contributed by atoms with E-state index < -0.39 is 41.6 Å². The van der Waals surface area contributed by atoms with Gasteiger partial charge in [0, 0.05) is 37.6 Å². The highest BCUT2D eigenvalue weighted by molar-refractivity contribution is 7.11. The number of carbonyl (C=O) groups excluding carboxylic acids is 2. The smallest absolute Gasteiger partial charge is 0.335 e. The van der Waals surface area contributed by atoms with Gasteiger partial charge in [-0.2, -0.15) is 26.3 Å². The van der Waals surface area contributed by atoms with Crippen LogP contribution in [0.1, 0.15) is 58.4 Å². The van der Waals surface area contributed by atoms with E-state index in [-0.39, 0.29) is 30.1 Å². The summed E-state index contributed by atoms with van der Waals surface area (Å²) in [5, 5.41) is 0.768. The molecule has 2 aliphatic rings. The van der Waals surface area contributed by atoms with Gasteiger partial charge in [-0.1, -0.05) is 0 Å². The van der Waals surface area contributed by atoms with E-state index in [0.29, 0.717) is 31.5 Å². The van der Waals surface area contributed by atoms with Gasteiger partial charge < -0.3 is 14.7 Å². The number of nitrogens with zero attached hydrogens (tertiary/aromatic N) is 4. The van der Waals surface area contributed by atoms with E-state index in [1.165, 1.54) is 25.3 Å². The summed E-state index contributed by atoms with van der Waals surface area (Å²) >= 11 is 1.38. The van der Waals surface area contributed by atoms with Crippen LogP contribution in [0.2, 0.25) is 0 Å². The molecule has 1 aromatic carbocycles. The number of hydrogen-bond donors (Lipinski definition) is 0. The van der Waals surface area contributed by atoms with E-state index in [4.69, 9.17) is 0 Å². The van der Waals surface area contributed by atoms with Gasteiger partial charge in [0.15, 0.2) is 0 Å². The molecule has 36 heavy (non-hydrogen) atoms. The number of hydrogen-bond acceptors (Lipinski definition) is 4. The minimum absolute atomic E-state index is 0.0105. The lowest BCUT2D eigenvalue weighted by Crippen LogP contribution is -2.57. The van der Waals surface area contributed by atoms with Crippen LogP contribution in [0.25, 0.3) is 0 Å². The lowest BCUT2D eigenvalue weighted by molar-refractivity contribution is -0.143. The zero-order valence-corrected chi connectivity index (χ0v) is 20.5. The minimum atomic E-state index is -4.99. The lowest BCUT2D eigenvalue weighted by atomic mass is 9.98. The molecule has 3 amide bonds. The quantitative estimate of drug-likeness (QED) is 0.479. The molecule has 0 radical (unpaired) electrons. The van der Waals surface area contributed by atoms with Crippen molar-refractivity contribution >= 4 is 23.3 Å². The highest BCUT2D eigenvalue weighted by Crippen LogP contribution is 2.42. The largest absolute Gasteiger partial charge is 0.416 e. The molecule has 4 rings (SSSR count). The van der Waals surface area contributed by atoms with Gasteiger partial charge >= 0.3 is 18.4 Å². The monoisotopic (exact) mass is 534 g/mol. The molecule has 0 spiro atoms. The molecule has 3 atom stereocenters. The number of amides is 3. The van der Waals surface area contributed by atoms with Crippen molar-refractivity contribution in [1.29, 1.82) is 0 Å². The number of fused-ring (bicyclic) bond motifs is 1. The highest BCUT2D eigenvalue weighted by Gasteiger charge is 2.47. The number of aryl methyl sites for hydroxylation is 1. The number of urea groups is 1. The maximum Gasteiger partial charge on any atom is 0.416 e. The van der Waals surface area contributed by atoms with Crippen LogP contribution in [-0.2, 0) is 17.1 Å². The maximum absolute atomic E-state index is 13.6.